The second-order valence-corrected chi connectivity index (χ2v) is 7.94. The molecular formula is C27H23N3. The maximum atomic E-state index is 4.81. The number of hydrogen-bond donors (Lipinski definition) is 0. The number of aryl methyl sites for hydroxylation is 3. The van der Waals surface area contributed by atoms with Gasteiger partial charge in [-0.3, -0.25) is 0 Å². The lowest BCUT2D eigenvalue weighted by atomic mass is 10.1. The quantitative estimate of drug-likeness (QED) is 0.323. The summed E-state index contributed by atoms with van der Waals surface area (Å²) < 4.78 is 0. The zero-order valence-corrected chi connectivity index (χ0v) is 17.4. The van der Waals surface area contributed by atoms with Gasteiger partial charge in [0.25, 0.3) is 0 Å². The highest BCUT2D eigenvalue weighted by atomic mass is 15.5. The summed E-state index contributed by atoms with van der Waals surface area (Å²) in [5.41, 5.74) is 8.91. The monoisotopic (exact) mass is 389 g/mol. The fourth-order valence-corrected chi connectivity index (χ4v) is 3.86. The topological polar surface area (TPSA) is 30.7 Å². The van der Waals surface area contributed by atoms with Crippen LogP contribution in [0.3, 0.4) is 0 Å². The minimum absolute atomic E-state index is 0.911. The Morgan fingerprint density at radius 2 is 1.57 bits per heavy atom. The molecule has 0 atom stereocenters. The molecule has 5 aromatic rings. The van der Waals surface area contributed by atoms with Gasteiger partial charge < -0.3 is 0 Å². The molecule has 3 nitrogen and oxygen atoms in total. The van der Waals surface area contributed by atoms with E-state index in [9.17, 15) is 0 Å². The first-order valence-electron chi connectivity index (χ1n) is 10.2. The van der Waals surface area contributed by atoms with Crippen molar-refractivity contribution in [3.05, 3.63) is 101 Å². The predicted molar refractivity (Wildman–Crippen MR) is 126 cm³/mol. The standard InChI is InChI=1S/C27H23N3/c1-18-5-4-6-21(15-18)8-10-22-11-13-24(17-20(22)3)30-28-26-14-12-23-9-7-19(2)16-25(23)27(26)29-30/h4-17H,1-3H3. The number of hydrogen-bond acceptors (Lipinski definition) is 2. The van der Waals surface area contributed by atoms with Crippen LogP contribution in [0.2, 0.25) is 0 Å². The zero-order chi connectivity index (χ0) is 20.7. The average Bonchev–Trinajstić information content (AvgIpc) is 3.18. The predicted octanol–water partition coefficient (Wildman–Crippen LogP) is 6.67. The van der Waals surface area contributed by atoms with Crippen molar-refractivity contribution in [1.29, 1.82) is 0 Å². The first-order chi connectivity index (χ1) is 14.6. The van der Waals surface area contributed by atoms with Gasteiger partial charge in [0, 0.05) is 5.39 Å². The summed E-state index contributed by atoms with van der Waals surface area (Å²) >= 11 is 0. The minimum Gasteiger partial charge on any atom is -0.150 e. The molecule has 3 heteroatoms. The summed E-state index contributed by atoms with van der Waals surface area (Å²) in [4.78, 5) is 1.74. The van der Waals surface area contributed by atoms with Crippen LogP contribution in [0, 0.1) is 20.8 Å². The van der Waals surface area contributed by atoms with Crippen LogP contribution in [0.25, 0.3) is 39.6 Å². The van der Waals surface area contributed by atoms with Gasteiger partial charge in [-0.2, -0.15) is 4.80 Å². The number of rotatable bonds is 3. The molecule has 1 aromatic heterocycles. The Morgan fingerprint density at radius 3 is 2.40 bits per heavy atom. The molecule has 0 aliphatic heterocycles. The molecule has 0 aliphatic rings. The molecule has 146 valence electrons. The van der Waals surface area contributed by atoms with Crippen molar-refractivity contribution in [1.82, 2.24) is 15.0 Å². The van der Waals surface area contributed by atoms with Crippen molar-refractivity contribution in [2.24, 2.45) is 0 Å². The second-order valence-electron chi connectivity index (χ2n) is 7.94. The molecule has 0 aliphatic carbocycles. The first kappa shape index (κ1) is 18.3. The van der Waals surface area contributed by atoms with Crippen molar-refractivity contribution in [2.75, 3.05) is 0 Å². The molecule has 4 aromatic carbocycles. The van der Waals surface area contributed by atoms with Crippen LogP contribution in [-0.4, -0.2) is 15.0 Å². The van der Waals surface area contributed by atoms with Crippen LogP contribution in [0.4, 0.5) is 0 Å². The van der Waals surface area contributed by atoms with Crippen molar-refractivity contribution in [2.45, 2.75) is 20.8 Å². The third kappa shape index (κ3) is 3.39. The Morgan fingerprint density at radius 1 is 0.733 bits per heavy atom. The van der Waals surface area contributed by atoms with Crippen LogP contribution < -0.4 is 0 Å². The maximum absolute atomic E-state index is 4.81. The molecule has 0 bridgehead atoms. The molecule has 0 saturated carbocycles. The highest BCUT2D eigenvalue weighted by Crippen LogP contribution is 2.25. The molecule has 0 unspecified atom stereocenters. The SMILES string of the molecule is Cc1cccc(C=Cc2ccc(-n3nc4ccc5ccc(C)cc5c4n3)cc2C)c1. The maximum Gasteiger partial charge on any atom is 0.121 e. The summed E-state index contributed by atoms with van der Waals surface area (Å²) in [6.07, 6.45) is 4.32. The van der Waals surface area contributed by atoms with Crippen LogP contribution in [0.5, 0.6) is 0 Å². The first-order valence-corrected chi connectivity index (χ1v) is 10.2. The van der Waals surface area contributed by atoms with Gasteiger partial charge in [-0.1, -0.05) is 71.8 Å². The van der Waals surface area contributed by atoms with Gasteiger partial charge in [0.15, 0.2) is 0 Å². The van der Waals surface area contributed by atoms with E-state index in [2.05, 4.69) is 99.7 Å². The van der Waals surface area contributed by atoms with Crippen molar-refractivity contribution < 1.29 is 0 Å². The van der Waals surface area contributed by atoms with Crippen LogP contribution in [0.15, 0.2) is 72.8 Å². The van der Waals surface area contributed by atoms with E-state index in [1.807, 2.05) is 6.07 Å². The molecule has 0 fully saturated rings. The van der Waals surface area contributed by atoms with Crippen molar-refractivity contribution >= 4 is 34.0 Å². The Bertz CT molecular complexity index is 1420. The number of benzene rings is 4. The summed E-state index contributed by atoms with van der Waals surface area (Å²) in [6.45, 7) is 6.35. The van der Waals surface area contributed by atoms with Gasteiger partial charge in [-0.25, -0.2) is 0 Å². The Balaban J connectivity index is 1.51. The molecule has 1 heterocycles. The summed E-state index contributed by atoms with van der Waals surface area (Å²) in [7, 11) is 0. The molecule has 0 spiro atoms. The van der Waals surface area contributed by atoms with E-state index >= 15 is 0 Å². The summed E-state index contributed by atoms with van der Waals surface area (Å²) in [6, 6.07) is 25.5. The molecule has 0 saturated heterocycles. The fourth-order valence-electron chi connectivity index (χ4n) is 3.86. The lowest BCUT2D eigenvalue weighted by molar-refractivity contribution is 0.765. The lowest BCUT2D eigenvalue weighted by Crippen LogP contribution is -1.99. The number of nitrogens with zero attached hydrogens (tertiary/aromatic N) is 3. The molecule has 0 radical (unpaired) electrons. The van der Waals surface area contributed by atoms with Crippen molar-refractivity contribution in [3.8, 4) is 5.69 Å². The van der Waals surface area contributed by atoms with E-state index < -0.39 is 0 Å². The Labute approximate surface area is 176 Å². The second kappa shape index (κ2) is 7.27. The van der Waals surface area contributed by atoms with Gasteiger partial charge in [-0.15, -0.1) is 10.2 Å². The molecular weight excluding hydrogens is 366 g/mol. The van der Waals surface area contributed by atoms with Crippen molar-refractivity contribution in [3.63, 3.8) is 0 Å². The van der Waals surface area contributed by atoms with Crippen LogP contribution in [-0.2, 0) is 0 Å². The molecule has 0 amide bonds. The lowest BCUT2D eigenvalue weighted by Gasteiger charge is -2.05. The van der Waals surface area contributed by atoms with Gasteiger partial charge in [-0.05, 0) is 67.1 Å². The largest absolute Gasteiger partial charge is 0.150 e. The highest BCUT2D eigenvalue weighted by molar-refractivity contribution is 6.04. The van der Waals surface area contributed by atoms with Crippen LogP contribution in [0.1, 0.15) is 27.8 Å². The zero-order valence-electron chi connectivity index (χ0n) is 17.4. The van der Waals surface area contributed by atoms with E-state index in [4.69, 9.17) is 10.2 Å². The van der Waals surface area contributed by atoms with E-state index in [1.165, 1.54) is 33.2 Å². The third-order valence-corrected chi connectivity index (χ3v) is 5.51. The summed E-state index contributed by atoms with van der Waals surface area (Å²) in [5.74, 6) is 0. The Kier molecular flexibility index (Phi) is 4.44. The minimum atomic E-state index is 0.911. The van der Waals surface area contributed by atoms with E-state index in [0.717, 1.165) is 22.1 Å². The van der Waals surface area contributed by atoms with Gasteiger partial charge in [0.05, 0.1) is 5.69 Å². The highest BCUT2D eigenvalue weighted by Gasteiger charge is 2.09. The number of aromatic nitrogens is 3. The van der Waals surface area contributed by atoms with Gasteiger partial charge >= 0.3 is 0 Å². The smallest absolute Gasteiger partial charge is 0.121 e. The summed E-state index contributed by atoms with van der Waals surface area (Å²) in [5, 5.41) is 11.9. The molecule has 5 rings (SSSR count). The van der Waals surface area contributed by atoms with Crippen LogP contribution >= 0.6 is 0 Å². The molecule has 0 N–H and O–H groups in total. The molecule has 30 heavy (non-hydrogen) atoms. The fraction of sp³-hybridized carbons (Fsp3) is 0.111. The third-order valence-electron chi connectivity index (χ3n) is 5.51. The van der Waals surface area contributed by atoms with E-state index in [1.54, 1.807) is 4.80 Å². The van der Waals surface area contributed by atoms with Gasteiger partial charge in [0.1, 0.15) is 11.0 Å². The normalized spacial score (nSPS) is 11.7. The van der Waals surface area contributed by atoms with E-state index in [0.29, 0.717) is 0 Å². The average molecular weight is 390 g/mol. The number of fused-ring (bicyclic) bond motifs is 3. The Hall–Kier alpha value is -3.72. The van der Waals surface area contributed by atoms with Gasteiger partial charge in [0.2, 0.25) is 0 Å². The van der Waals surface area contributed by atoms with E-state index in [-0.39, 0.29) is 0 Å².